The molecule has 72 valence electrons. The number of anilines is 2. The van der Waals surface area contributed by atoms with E-state index in [1.807, 2.05) is 24.3 Å². The fraction of sp³-hybridized carbons (Fsp3) is 0.167. The van der Waals surface area contributed by atoms with Crippen LogP contribution in [0.25, 0.3) is 0 Å². The van der Waals surface area contributed by atoms with Crippen molar-refractivity contribution in [3.05, 3.63) is 48.2 Å². The Hall–Kier alpha value is -1.70. The van der Waals surface area contributed by atoms with Crippen molar-refractivity contribution < 1.29 is 0 Å². The molecule has 2 rings (SSSR count). The molecule has 1 aliphatic rings. The van der Waals surface area contributed by atoms with Gasteiger partial charge in [0.25, 0.3) is 0 Å². The van der Waals surface area contributed by atoms with Crippen LogP contribution in [0.1, 0.15) is 12.8 Å². The number of hydrogen-bond donors (Lipinski definition) is 2. The Labute approximate surface area is 84.1 Å². The minimum Gasteiger partial charge on any atom is -0.399 e. The molecular weight excluding hydrogens is 172 g/mol. The number of nitrogen functional groups attached to an aromatic ring is 1. The lowest BCUT2D eigenvalue weighted by Gasteiger charge is -2.10. The van der Waals surface area contributed by atoms with Crippen molar-refractivity contribution in [2.75, 3.05) is 11.1 Å². The molecule has 1 aromatic rings. The monoisotopic (exact) mass is 186 g/mol. The van der Waals surface area contributed by atoms with Crippen molar-refractivity contribution in [1.29, 1.82) is 0 Å². The maximum absolute atomic E-state index is 5.69. The third-order valence-electron chi connectivity index (χ3n) is 2.17. The highest BCUT2D eigenvalue weighted by molar-refractivity contribution is 5.58. The average molecular weight is 186 g/mol. The molecule has 0 radical (unpaired) electrons. The van der Waals surface area contributed by atoms with Gasteiger partial charge in [0, 0.05) is 17.1 Å². The van der Waals surface area contributed by atoms with Crippen molar-refractivity contribution in [1.82, 2.24) is 0 Å². The fourth-order valence-corrected chi connectivity index (χ4v) is 1.49. The summed E-state index contributed by atoms with van der Waals surface area (Å²) in [7, 11) is 0. The van der Waals surface area contributed by atoms with Crippen molar-refractivity contribution in [3.63, 3.8) is 0 Å². The van der Waals surface area contributed by atoms with E-state index in [2.05, 4.69) is 23.5 Å². The molecule has 3 N–H and O–H groups in total. The van der Waals surface area contributed by atoms with Gasteiger partial charge in [-0.1, -0.05) is 18.2 Å². The summed E-state index contributed by atoms with van der Waals surface area (Å²) in [6, 6.07) is 7.78. The molecule has 0 aromatic heterocycles. The maximum Gasteiger partial charge on any atom is 0.0404 e. The standard InChI is InChI=1S/C12H14N2/c13-10-5-4-8-12(9-10)14-11-6-2-1-3-7-11/h2,4-9,14H,1,3,13H2. The first kappa shape index (κ1) is 8.88. The predicted octanol–water partition coefficient (Wildman–Crippen LogP) is 2.91. The smallest absolute Gasteiger partial charge is 0.0404 e. The van der Waals surface area contributed by atoms with Crippen molar-refractivity contribution >= 4 is 11.4 Å². The molecule has 0 heterocycles. The zero-order valence-corrected chi connectivity index (χ0v) is 8.03. The van der Waals surface area contributed by atoms with E-state index in [1.165, 1.54) is 0 Å². The molecule has 0 aliphatic heterocycles. The topological polar surface area (TPSA) is 38.0 Å². The van der Waals surface area contributed by atoms with Crippen LogP contribution in [0, 0.1) is 0 Å². The molecule has 1 aliphatic carbocycles. The number of allylic oxidation sites excluding steroid dienone is 3. The maximum atomic E-state index is 5.69. The second-order valence-corrected chi connectivity index (χ2v) is 3.39. The average Bonchev–Trinajstić information content (AvgIpc) is 2.19. The minimum absolute atomic E-state index is 0.787. The van der Waals surface area contributed by atoms with Gasteiger partial charge in [0.15, 0.2) is 0 Å². The lowest BCUT2D eigenvalue weighted by molar-refractivity contribution is 1.02. The molecule has 14 heavy (non-hydrogen) atoms. The summed E-state index contributed by atoms with van der Waals surface area (Å²) in [5.41, 5.74) is 8.67. The van der Waals surface area contributed by atoms with Gasteiger partial charge < -0.3 is 11.1 Å². The van der Waals surface area contributed by atoms with Crippen molar-refractivity contribution in [2.45, 2.75) is 12.8 Å². The van der Waals surface area contributed by atoms with Gasteiger partial charge in [-0.05, 0) is 37.1 Å². The largest absolute Gasteiger partial charge is 0.399 e. The Balaban J connectivity index is 2.10. The molecule has 0 spiro atoms. The Morgan fingerprint density at radius 2 is 2.14 bits per heavy atom. The van der Waals surface area contributed by atoms with Crippen molar-refractivity contribution in [3.8, 4) is 0 Å². The van der Waals surface area contributed by atoms with Crippen LogP contribution in [-0.2, 0) is 0 Å². The molecule has 0 bridgehead atoms. The van der Waals surface area contributed by atoms with Crippen LogP contribution < -0.4 is 11.1 Å². The summed E-state index contributed by atoms with van der Waals surface area (Å²) in [6.07, 6.45) is 8.73. The van der Waals surface area contributed by atoms with E-state index in [9.17, 15) is 0 Å². The lowest BCUT2D eigenvalue weighted by Crippen LogP contribution is -1.99. The van der Waals surface area contributed by atoms with Gasteiger partial charge in [-0.2, -0.15) is 0 Å². The minimum atomic E-state index is 0.787. The van der Waals surface area contributed by atoms with Crippen molar-refractivity contribution in [2.24, 2.45) is 0 Å². The Morgan fingerprint density at radius 1 is 1.21 bits per heavy atom. The summed E-state index contributed by atoms with van der Waals surface area (Å²) < 4.78 is 0. The fourth-order valence-electron chi connectivity index (χ4n) is 1.49. The highest BCUT2D eigenvalue weighted by Gasteiger charge is 1.97. The van der Waals surface area contributed by atoms with Crippen LogP contribution in [0.5, 0.6) is 0 Å². The molecule has 2 heteroatoms. The molecule has 0 atom stereocenters. The summed E-state index contributed by atoms with van der Waals surface area (Å²) >= 11 is 0. The highest BCUT2D eigenvalue weighted by Crippen LogP contribution is 2.17. The van der Waals surface area contributed by atoms with E-state index in [1.54, 1.807) is 0 Å². The number of nitrogens with one attached hydrogen (secondary N) is 1. The highest BCUT2D eigenvalue weighted by atomic mass is 14.9. The van der Waals surface area contributed by atoms with Crippen LogP contribution in [0.4, 0.5) is 11.4 Å². The summed E-state index contributed by atoms with van der Waals surface area (Å²) in [4.78, 5) is 0. The van der Waals surface area contributed by atoms with Gasteiger partial charge in [-0.15, -0.1) is 0 Å². The number of hydrogen-bond acceptors (Lipinski definition) is 2. The van der Waals surface area contributed by atoms with Crippen LogP contribution in [0.2, 0.25) is 0 Å². The third-order valence-corrected chi connectivity index (χ3v) is 2.17. The number of benzene rings is 1. The lowest BCUT2D eigenvalue weighted by atomic mass is 10.1. The number of rotatable bonds is 2. The van der Waals surface area contributed by atoms with Crippen LogP contribution in [0.15, 0.2) is 48.2 Å². The van der Waals surface area contributed by atoms with E-state index < -0.39 is 0 Å². The molecule has 2 nitrogen and oxygen atoms in total. The van der Waals surface area contributed by atoms with E-state index in [4.69, 9.17) is 5.73 Å². The molecule has 0 amide bonds. The second kappa shape index (κ2) is 4.01. The Morgan fingerprint density at radius 3 is 2.86 bits per heavy atom. The zero-order valence-electron chi connectivity index (χ0n) is 8.03. The van der Waals surface area contributed by atoms with E-state index in [0.29, 0.717) is 0 Å². The van der Waals surface area contributed by atoms with Crippen LogP contribution in [-0.4, -0.2) is 0 Å². The molecule has 0 fully saturated rings. The predicted molar refractivity (Wildman–Crippen MR) is 60.9 cm³/mol. The van der Waals surface area contributed by atoms with Gasteiger partial charge in [0.1, 0.15) is 0 Å². The van der Waals surface area contributed by atoms with E-state index >= 15 is 0 Å². The van der Waals surface area contributed by atoms with Crippen LogP contribution in [0.3, 0.4) is 0 Å². The summed E-state index contributed by atoms with van der Waals surface area (Å²) in [6.45, 7) is 0. The first-order valence-electron chi connectivity index (χ1n) is 4.84. The van der Waals surface area contributed by atoms with E-state index in [0.717, 1.165) is 29.9 Å². The van der Waals surface area contributed by atoms with Gasteiger partial charge in [-0.25, -0.2) is 0 Å². The normalized spacial score (nSPS) is 15.0. The Kier molecular flexibility index (Phi) is 2.54. The first-order chi connectivity index (χ1) is 6.84. The van der Waals surface area contributed by atoms with Gasteiger partial charge in [0.2, 0.25) is 0 Å². The summed E-state index contributed by atoms with van der Waals surface area (Å²) in [5.74, 6) is 0. The summed E-state index contributed by atoms with van der Waals surface area (Å²) in [5, 5.41) is 3.32. The first-order valence-corrected chi connectivity index (χ1v) is 4.84. The second-order valence-electron chi connectivity index (χ2n) is 3.39. The molecular formula is C12H14N2. The van der Waals surface area contributed by atoms with Gasteiger partial charge >= 0.3 is 0 Å². The molecule has 0 unspecified atom stereocenters. The SMILES string of the molecule is Nc1cccc(NC2=CCCC=C2)c1. The molecule has 0 saturated carbocycles. The molecule has 0 saturated heterocycles. The Bertz CT molecular complexity index is 378. The van der Waals surface area contributed by atoms with Gasteiger partial charge in [0.05, 0.1) is 0 Å². The van der Waals surface area contributed by atoms with Gasteiger partial charge in [-0.3, -0.25) is 0 Å². The quantitative estimate of drug-likeness (QED) is 0.697. The molecule has 1 aromatic carbocycles. The number of nitrogens with two attached hydrogens (primary N) is 1. The zero-order chi connectivity index (χ0) is 9.80. The third kappa shape index (κ3) is 2.16. The van der Waals surface area contributed by atoms with Crippen LogP contribution >= 0.6 is 0 Å². The van der Waals surface area contributed by atoms with E-state index in [-0.39, 0.29) is 0 Å².